The van der Waals surface area contributed by atoms with Crippen molar-refractivity contribution in [2.75, 3.05) is 26.3 Å². The highest BCUT2D eigenvalue weighted by Gasteiger charge is 2.38. The van der Waals surface area contributed by atoms with Gasteiger partial charge in [-0.25, -0.2) is 0 Å². The van der Waals surface area contributed by atoms with Gasteiger partial charge in [0, 0.05) is 56.7 Å². The van der Waals surface area contributed by atoms with Crippen LogP contribution in [0.5, 0.6) is 0 Å². The van der Waals surface area contributed by atoms with Crippen molar-refractivity contribution >= 4 is 16.6 Å². The monoisotopic (exact) mass is 443 g/mol. The van der Waals surface area contributed by atoms with E-state index in [1.54, 1.807) is 6.07 Å². The van der Waals surface area contributed by atoms with Crippen LogP contribution >= 0.6 is 0 Å². The van der Waals surface area contributed by atoms with Gasteiger partial charge in [0.05, 0.1) is 18.1 Å². The van der Waals surface area contributed by atoms with E-state index in [2.05, 4.69) is 22.6 Å². The molecule has 2 aliphatic heterocycles. The average Bonchev–Trinajstić information content (AvgIpc) is 3.16. The molecular weight excluding hydrogens is 406 g/mol. The van der Waals surface area contributed by atoms with Crippen molar-refractivity contribution in [1.29, 1.82) is 0 Å². The van der Waals surface area contributed by atoms with Crippen LogP contribution in [0.25, 0.3) is 10.9 Å². The van der Waals surface area contributed by atoms with Crippen molar-refractivity contribution in [1.82, 2.24) is 9.47 Å². The van der Waals surface area contributed by atoms with E-state index in [1.165, 1.54) is 37.7 Å². The van der Waals surface area contributed by atoms with E-state index in [0.717, 1.165) is 76.0 Å². The topological polar surface area (TPSA) is 69.8 Å². The zero-order valence-electron chi connectivity index (χ0n) is 19.4. The Kier molecular flexibility index (Phi) is 7.81. The molecule has 0 bridgehead atoms. The lowest BCUT2D eigenvalue weighted by Gasteiger charge is -2.43. The number of aryl methyl sites for hydroxylation is 1. The van der Waals surface area contributed by atoms with Crippen LogP contribution in [0.2, 0.25) is 0 Å². The molecule has 2 fully saturated rings. The number of benzene rings is 1. The summed E-state index contributed by atoms with van der Waals surface area (Å²) in [5.74, 6) is -0.390. The summed E-state index contributed by atoms with van der Waals surface area (Å²) in [6, 6.07) is 5.48. The second-order valence-electron chi connectivity index (χ2n) is 9.28. The molecule has 176 valence electrons. The van der Waals surface area contributed by atoms with Gasteiger partial charge in [0.15, 0.2) is 5.79 Å². The number of ether oxygens (including phenoxy) is 2. The fraction of sp³-hybridized carbons (Fsp3) is 0.680. The number of aromatic nitrogens is 1. The number of non-ortho nitro benzene ring substituents is 1. The van der Waals surface area contributed by atoms with Crippen LogP contribution in [0.1, 0.15) is 70.3 Å². The van der Waals surface area contributed by atoms with Gasteiger partial charge < -0.3 is 14.0 Å². The zero-order valence-corrected chi connectivity index (χ0v) is 19.4. The quantitative estimate of drug-likeness (QED) is 0.270. The third kappa shape index (κ3) is 5.33. The molecule has 1 aromatic heterocycles. The smallest absolute Gasteiger partial charge is 0.293 e. The van der Waals surface area contributed by atoms with Gasteiger partial charge in [-0.15, -0.1) is 0 Å². The van der Waals surface area contributed by atoms with Crippen LogP contribution in [0.3, 0.4) is 0 Å². The molecule has 4 rings (SSSR count). The minimum atomic E-state index is -0.390. The Morgan fingerprint density at radius 2 is 1.78 bits per heavy atom. The number of likely N-dealkylation sites (tertiary alicyclic amines) is 1. The number of rotatable bonds is 10. The number of nitro groups is 1. The molecular formula is C25H37N3O4. The number of nitro benzene ring substituents is 1. The molecule has 0 saturated carbocycles. The van der Waals surface area contributed by atoms with Crippen LogP contribution in [0.4, 0.5) is 5.69 Å². The van der Waals surface area contributed by atoms with E-state index in [4.69, 9.17) is 9.47 Å². The number of unbranched alkanes of at least 4 members (excludes halogenated alkanes) is 5. The lowest BCUT2D eigenvalue weighted by atomic mass is 10.0. The largest absolute Gasteiger partial charge is 0.350 e. The first-order valence-electron chi connectivity index (χ1n) is 12.4. The maximum absolute atomic E-state index is 11.7. The molecule has 2 aromatic rings. The van der Waals surface area contributed by atoms with Crippen LogP contribution < -0.4 is 0 Å². The van der Waals surface area contributed by atoms with Gasteiger partial charge in [-0.1, -0.05) is 51.2 Å². The van der Waals surface area contributed by atoms with Crippen LogP contribution in [0.15, 0.2) is 24.4 Å². The Bertz CT molecular complexity index is 894. The molecule has 0 radical (unpaired) electrons. The van der Waals surface area contributed by atoms with Crippen LogP contribution in [0, 0.1) is 10.1 Å². The highest BCUT2D eigenvalue weighted by Crippen LogP contribution is 2.34. The first kappa shape index (κ1) is 23.2. The van der Waals surface area contributed by atoms with E-state index in [9.17, 15) is 10.1 Å². The van der Waals surface area contributed by atoms with E-state index in [1.807, 2.05) is 12.1 Å². The highest BCUT2D eigenvalue weighted by molar-refractivity contribution is 5.91. The van der Waals surface area contributed by atoms with Crippen molar-refractivity contribution in [2.24, 2.45) is 0 Å². The van der Waals surface area contributed by atoms with E-state index >= 15 is 0 Å². The maximum Gasteiger partial charge on any atom is 0.293 e. The second kappa shape index (κ2) is 10.8. The summed E-state index contributed by atoms with van der Waals surface area (Å²) in [7, 11) is 0. The standard InChI is InChI=1S/C25H37N3O4/c1-2-3-4-5-6-7-14-27-20-21(22-10-8-11-23(24(22)27)28(29)30)19-26-15-12-25(13-16-26)31-17-9-18-32-25/h8,10-11,20H,2-7,9,12-19H2,1H3. The maximum atomic E-state index is 11.7. The van der Waals surface area contributed by atoms with Gasteiger partial charge in [0.25, 0.3) is 5.69 Å². The summed E-state index contributed by atoms with van der Waals surface area (Å²) in [5, 5.41) is 12.8. The summed E-state index contributed by atoms with van der Waals surface area (Å²) in [5.41, 5.74) is 2.16. The van der Waals surface area contributed by atoms with Crippen LogP contribution in [-0.4, -0.2) is 46.5 Å². The minimum Gasteiger partial charge on any atom is -0.350 e. The molecule has 2 saturated heterocycles. The lowest BCUT2D eigenvalue weighted by molar-refractivity contribution is -0.383. The van der Waals surface area contributed by atoms with Crippen molar-refractivity contribution < 1.29 is 14.4 Å². The second-order valence-corrected chi connectivity index (χ2v) is 9.28. The number of para-hydroxylation sites is 1. The minimum absolute atomic E-state index is 0.210. The molecule has 0 aliphatic carbocycles. The number of fused-ring (bicyclic) bond motifs is 1. The van der Waals surface area contributed by atoms with Gasteiger partial charge in [-0.3, -0.25) is 15.0 Å². The molecule has 32 heavy (non-hydrogen) atoms. The predicted molar refractivity (Wildman–Crippen MR) is 126 cm³/mol. The molecule has 0 unspecified atom stereocenters. The third-order valence-corrected chi connectivity index (χ3v) is 6.94. The summed E-state index contributed by atoms with van der Waals surface area (Å²) >= 11 is 0. The Morgan fingerprint density at radius 1 is 1.06 bits per heavy atom. The first-order chi connectivity index (χ1) is 15.6. The van der Waals surface area contributed by atoms with Crippen molar-refractivity contribution in [2.45, 2.75) is 83.6 Å². The van der Waals surface area contributed by atoms with E-state index in [-0.39, 0.29) is 16.4 Å². The molecule has 1 aromatic carbocycles. The number of hydrogen-bond acceptors (Lipinski definition) is 5. The SMILES string of the molecule is CCCCCCCCn1cc(CN2CCC3(CC2)OCCCO3)c2cccc([N+](=O)[O-])c21. The van der Waals surface area contributed by atoms with Crippen molar-refractivity contribution in [3.63, 3.8) is 0 Å². The molecule has 0 amide bonds. The Labute approximate surface area is 190 Å². The Balaban J connectivity index is 1.46. The summed E-state index contributed by atoms with van der Waals surface area (Å²) in [4.78, 5) is 13.9. The zero-order chi connectivity index (χ0) is 22.4. The summed E-state index contributed by atoms with van der Waals surface area (Å²) in [6.45, 7) is 7.27. The van der Waals surface area contributed by atoms with Gasteiger partial charge in [0.1, 0.15) is 5.52 Å². The molecule has 3 heterocycles. The molecule has 7 nitrogen and oxygen atoms in total. The van der Waals surface area contributed by atoms with Gasteiger partial charge in [0.2, 0.25) is 0 Å². The summed E-state index contributed by atoms with van der Waals surface area (Å²) < 4.78 is 14.1. The Hall–Kier alpha value is -1.96. The molecule has 1 spiro atoms. The van der Waals surface area contributed by atoms with Gasteiger partial charge in [-0.2, -0.15) is 0 Å². The molecule has 0 N–H and O–H groups in total. The first-order valence-corrected chi connectivity index (χ1v) is 12.4. The fourth-order valence-electron chi connectivity index (χ4n) is 5.13. The predicted octanol–water partition coefficient (Wildman–Crippen LogP) is 5.64. The molecule has 0 atom stereocenters. The number of piperidine rings is 1. The van der Waals surface area contributed by atoms with E-state index in [0.29, 0.717) is 0 Å². The highest BCUT2D eigenvalue weighted by atomic mass is 16.7. The molecule has 7 heteroatoms. The lowest BCUT2D eigenvalue weighted by Crippen LogP contribution is -2.49. The normalized spacial score (nSPS) is 19.0. The fourth-order valence-corrected chi connectivity index (χ4v) is 5.13. The van der Waals surface area contributed by atoms with Gasteiger partial charge in [-0.05, 0) is 18.4 Å². The van der Waals surface area contributed by atoms with Crippen LogP contribution in [-0.2, 0) is 22.6 Å². The third-order valence-electron chi connectivity index (χ3n) is 6.94. The Morgan fingerprint density at radius 3 is 2.50 bits per heavy atom. The number of nitrogens with zero attached hydrogens (tertiary/aromatic N) is 3. The van der Waals surface area contributed by atoms with Crippen molar-refractivity contribution in [3.8, 4) is 0 Å². The van der Waals surface area contributed by atoms with Gasteiger partial charge >= 0.3 is 0 Å². The summed E-state index contributed by atoms with van der Waals surface area (Å²) in [6.07, 6.45) is 12.2. The molecule has 2 aliphatic rings. The number of hydrogen-bond donors (Lipinski definition) is 0. The van der Waals surface area contributed by atoms with Crippen molar-refractivity contribution in [3.05, 3.63) is 40.1 Å². The van der Waals surface area contributed by atoms with E-state index < -0.39 is 0 Å². The average molecular weight is 444 g/mol.